The Balaban J connectivity index is 1.60. The average molecular weight is 358 g/mol. The number of likely N-dealkylation sites (tertiary alicyclic amines) is 1. The Labute approximate surface area is 153 Å². The van der Waals surface area contributed by atoms with Crippen LogP contribution in [0.2, 0.25) is 0 Å². The van der Waals surface area contributed by atoms with Crippen LogP contribution in [-0.4, -0.2) is 52.3 Å². The maximum atomic E-state index is 12.9. The number of rotatable bonds is 3. The smallest absolute Gasteiger partial charge is 0.407 e. The molecule has 1 aromatic carbocycles. The maximum Gasteiger partial charge on any atom is 0.407 e. The maximum absolute atomic E-state index is 12.9. The van der Waals surface area contributed by atoms with Crippen molar-refractivity contribution in [3.63, 3.8) is 0 Å². The van der Waals surface area contributed by atoms with Gasteiger partial charge in [-0.15, -0.1) is 0 Å². The summed E-state index contributed by atoms with van der Waals surface area (Å²) in [5, 5.41) is 10.8. The molecule has 1 aliphatic heterocycles. The summed E-state index contributed by atoms with van der Waals surface area (Å²) in [6, 6.07) is 7.62. The lowest BCUT2D eigenvalue weighted by molar-refractivity contribution is 0.0502. The highest BCUT2D eigenvalue weighted by Gasteiger charge is 2.27. The minimum absolute atomic E-state index is 0.0654. The molecule has 1 saturated heterocycles. The lowest BCUT2D eigenvalue weighted by Gasteiger charge is -2.32. The van der Waals surface area contributed by atoms with Crippen molar-refractivity contribution in [1.29, 1.82) is 0 Å². The molecule has 2 heterocycles. The summed E-state index contributed by atoms with van der Waals surface area (Å²) < 4.78 is 5.27. The molecule has 0 radical (unpaired) electrons. The number of piperidine rings is 1. The molecule has 3 rings (SSSR count). The lowest BCUT2D eigenvalue weighted by atomic mass is 9.97. The van der Waals surface area contributed by atoms with E-state index in [1.807, 2.05) is 49.9 Å². The standard InChI is InChI=1S/C19H26N4O3/c1-19(2,3)26-18(25)20-11-13-7-6-10-23(12-13)17(24)16-14-8-4-5-9-15(14)21-22-16/h4-5,8-9,13H,6-7,10-12H2,1-3H3,(H,20,25)(H,21,22)/t13-/m1/s1. The minimum Gasteiger partial charge on any atom is -0.444 e. The third-order valence-corrected chi connectivity index (χ3v) is 4.41. The number of carbonyl (C=O) groups excluding carboxylic acids is 2. The number of aromatic amines is 1. The number of para-hydroxylation sites is 1. The van der Waals surface area contributed by atoms with Gasteiger partial charge >= 0.3 is 6.09 Å². The van der Waals surface area contributed by atoms with E-state index in [2.05, 4.69) is 15.5 Å². The predicted octanol–water partition coefficient (Wildman–Crippen LogP) is 2.94. The van der Waals surface area contributed by atoms with Crippen LogP contribution in [0, 0.1) is 5.92 Å². The normalized spacial score (nSPS) is 18.0. The minimum atomic E-state index is -0.514. The van der Waals surface area contributed by atoms with Gasteiger partial charge in [0.25, 0.3) is 5.91 Å². The van der Waals surface area contributed by atoms with Crippen LogP contribution in [0.15, 0.2) is 24.3 Å². The van der Waals surface area contributed by atoms with Gasteiger partial charge in [-0.05, 0) is 45.6 Å². The van der Waals surface area contributed by atoms with E-state index >= 15 is 0 Å². The van der Waals surface area contributed by atoms with Crippen molar-refractivity contribution in [3.05, 3.63) is 30.0 Å². The number of fused-ring (bicyclic) bond motifs is 1. The van der Waals surface area contributed by atoms with Crippen LogP contribution in [0.4, 0.5) is 4.79 Å². The fraction of sp³-hybridized carbons (Fsp3) is 0.526. The van der Waals surface area contributed by atoms with Gasteiger partial charge in [0, 0.05) is 25.0 Å². The van der Waals surface area contributed by atoms with E-state index in [-0.39, 0.29) is 11.8 Å². The molecule has 2 N–H and O–H groups in total. The quantitative estimate of drug-likeness (QED) is 0.883. The molecule has 1 fully saturated rings. The van der Waals surface area contributed by atoms with Crippen LogP contribution in [0.1, 0.15) is 44.1 Å². The van der Waals surface area contributed by atoms with Crippen LogP contribution in [0.25, 0.3) is 10.9 Å². The number of hydrogen-bond donors (Lipinski definition) is 2. The predicted molar refractivity (Wildman–Crippen MR) is 99.0 cm³/mol. The molecule has 0 spiro atoms. The largest absolute Gasteiger partial charge is 0.444 e. The number of alkyl carbamates (subject to hydrolysis) is 1. The van der Waals surface area contributed by atoms with Gasteiger partial charge in [0.15, 0.2) is 5.69 Å². The van der Waals surface area contributed by atoms with Gasteiger partial charge in [-0.1, -0.05) is 18.2 Å². The SMILES string of the molecule is CC(C)(C)OC(=O)NC[C@H]1CCCN(C(=O)c2n[nH]c3ccccc23)C1. The number of hydrogen-bond acceptors (Lipinski definition) is 4. The zero-order chi connectivity index (χ0) is 18.7. The fourth-order valence-corrected chi connectivity index (χ4v) is 3.23. The van der Waals surface area contributed by atoms with Crippen molar-refractivity contribution in [2.75, 3.05) is 19.6 Å². The first-order chi connectivity index (χ1) is 12.3. The third kappa shape index (κ3) is 4.33. The molecule has 0 bridgehead atoms. The van der Waals surface area contributed by atoms with Crippen LogP contribution < -0.4 is 5.32 Å². The Hall–Kier alpha value is -2.57. The lowest BCUT2D eigenvalue weighted by Crippen LogP contribution is -2.44. The summed E-state index contributed by atoms with van der Waals surface area (Å²) in [5.74, 6) is 0.148. The van der Waals surface area contributed by atoms with Gasteiger partial charge in [0.05, 0.1) is 5.52 Å². The summed E-state index contributed by atoms with van der Waals surface area (Å²) >= 11 is 0. The summed E-state index contributed by atoms with van der Waals surface area (Å²) in [6.45, 7) is 7.32. The van der Waals surface area contributed by atoms with E-state index in [1.54, 1.807) is 0 Å². The van der Waals surface area contributed by atoms with Crippen LogP contribution in [-0.2, 0) is 4.74 Å². The zero-order valence-electron chi connectivity index (χ0n) is 15.5. The van der Waals surface area contributed by atoms with Gasteiger partial charge in [-0.25, -0.2) is 4.79 Å². The van der Waals surface area contributed by atoms with Crippen molar-refractivity contribution >= 4 is 22.9 Å². The van der Waals surface area contributed by atoms with E-state index in [1.165, 1.54) is 0 Å². The molecule has 7 nitrogen and oxygen atoms in total. The Morgan fingerprint density at radius 3 is 2.88 bits per heavy atom. The first kappa shape index (κ1) is 18.2. The van der Waals surface area contributed by atoms with Crippen LogP contribution >= 0.6 is 0 Å². The Kier molecular flexibility index (Phi) is 5.15. The van der Waals surface area contributed by atoms with Crippen molar-refractivity contribution < 1.29 is 14.3 Å². The molecule has 0 unspecified atom stereocenters. The van der Waals surface area contributed by atoms with Gasteiger partial charge in [-0.2, -0.15) is 5.10 Å². The second kappa shape index (κ2) is 7.35. The van der Waals surface area contributed by atoms with E-state index in [0.29, 0.717) is 25.3 Å². The highest BCUT2D eigenvalue weighted by molar-refractivity contribution is 6.04. The second-order valence-corrected chi connectivity index (χ2v) is 7.76. The topological polar surface area (TPSA) is 87.3 Å². The van der Waals surface area contributed by atoms with Gasteiger partial charge in [-0.3, -0.25) is 9.89 Å². The molecule has 140 valence electrons. The number of H-pyrrole nitrogens is 1. The average Bonchev–Trinajstić information content (AvgIpc) is 3.02. The zero-order valence-corrected chi connectivity index (χ0v) is 15.5. The first-order valence-electron chi connectivity index (χ1n) is 9.03. The molecule has 2 amide bonds. The van der Waals surface area contributed by atoms with Crippen molar-refractivity contribution in [1.82, 2.24) is 20.4 Å². The molecule has 1 aromatic heterocycles. The Morgan fingerprint density at radius 1 is 1.35 bits per heavy atom. The molecule has 26 heavy (non-hydrogen) atoms. The van der Waals surface area contributed by atoms with Gasteiger partial charge < -0.3 is 15.0 Å². The molecule has 2 aromatic rings. The van der Waals surface area contributed by atoms with Gasteiger partial charge in [0.1, 0.15) is 5.60 Å². The molecule has 1 aliphatic rings. The summed E-state index contributed by atoms with van der Waals surface area (Å²) in [5.41, 5.74) is 0.803. The number of benzene rings is 1. The molecule has 7 heteroatoms. The molecule has 0 saturated carbocycles. The number of nitrogens with one attached hydrogen (secondary N) is 2. The number of amides is 2. The highest BCUT2D eigenvalue weighted by Crippen LogP contribution is 2.21. The van der Waals surface area contributed by atoms with E-state index in [4.69, 9.17) is 4.74 Å². The highest BCUT2D eigenvalue weighted by atomic mass is 16.6. The Bertz CT molecular complexity index is 793. The summed E-state index contributed by atoms with van der Waals surface area (Å²) in [4.78, 5) is 26.5. The van der Waals surface area contributed by atoms with Crippen molar-refractivity contribution in [2.24, 2.45) is 5.92 Å². The molecule has 0 aliphatic carbocycles. The third-order valence-electron chi connectivity index (χ3n) is 4.41. The van der Waals surface area contributed by atoms with Crippen LogP contribution in [0.3, 0.4) is 0 Å². The fourth-order valence-electron chi connectivity index (χ4n) is 3.23. The summed E-state index contributed by atoms with van der Waals surface area (Å²) in [6.07, 6.45) is 1.47. The van der Waals surface area contributed by atoms with E-state index in [9.17, 15) is 9.59 Å². The van der Waals surface area contributed by atoms with Crippen molar-refractivity contribution in [2.45, 2.75) is 39.2 Å². The summed E-state index contributed by atoms with van der Waals surface area (Å²) in [7, 11) is 0. The number of carbonyl (C=O) groups is 2. The van der Waals surface area contributed by atoms with E-state index in [0.717, 1.165) is 23.7 Å². The second-order valence-electron chi connectivity index (χ2n) is 7.76. The Morgan fingerprint density at radius 2 is 2.12 bits per heavy atom. The monoisotopic (exact) mass is 358 g/mol. The van der Waals surface area contributed by atoms with Crippen LogP contribution in [0.5, 0.6) is 0 Å². The number of ether oxygens (including phenoxy) is 1. The number of nitrogens with zero attached hydrogens (tertiary/aromatic N) is 2. The molecule has 1 atom stereocenters. The number of aromatic nitrogens is 2. The molecular formula is C19H26N4O3. The van der Waals surface area contributed by atoms with Gasteiger partial charge in [0.2, 0.25) is 0 Å². The van der Waals surface area contributed by atoms with E-state index < -0.39 is 11.7 Å². The molecular weight excluding hydrogens is 332 g/mol. The first-order valence-corrected chi connectivity index (χ1v) is 9.03. The van der Waals surface area contributed by atoms with Crippen molar-refractivity contribution in [3.8, 4) is 0 Å².